The second-order valence-corrected chi connectivity index (χ2v) is 5.26. The van der Waals surface area contributed by atoms with Crippen molar-refractivity contribution >= 4 is 5.91 Å². The van der Waals surface area contributed by atoms with Crippen LogP contribution in [0.1, 0.15) is 34.3 Å². The Morgan fingerprint density at radius 1 is 1.48 bits per heavy atom. The molecule has 0 heterocycles. The van der Waals surface area contributed by atoms with Gasteiger partial charge in [0.2, 0.25) is 0 Å². The minimum absolute atomic E-state index is 0.0726. The number of nitrogens with two attached hydrogens (primary N) is 1. The van der Waals surface area contributed by atoms with Gasteiger partial charge in [-0.1, -0.05) is 17.9 Å². The van der Waals surface area contributed by atoms with Crippen LogP contribution in [0.4, 0.5) is 0 Å². The number of benzene rings is 1. The third kappa shape index (κ3) is 4.07. The Balaban J connectivity index is 2.23. The number of aryl methyl sites for hydroxylation is 1. The van der Waals surface area contributed by atoms with E-state index in [0.29, 0.717) is 25.7 Å². The van der Waals surface area contributed by atoms with E-state index in [1.807, 2.05) is 30.0 Å². The van der Waals surface area contributed by atoms with Crippen LogP contribution in [0.25, 0.3) is 0 Å². The average Bonchev–Trinajstić information content (AvgIpc) is 3.31. The molecule has 2 N–H and O–H groups in total. The molecule has 21 heavy (non-hydrogen) atoms. The van der Waals surface area contributed by atoms with Crippen molar-refractivity contribution < 1.29 is 9.53 Å². The summed E-state index contributed by atoms with van der Waals surface area (Å²) in [6.45, 7) is 3.47. The number of hydrogen-bond acceptors (Lipinski definition) is 3. The number of carbonyl (C=O) groups is 1. The molecule has 0 saturated heterocycles. The number of hydrogen-bond donors (Lipinski definition) is 1. The molecule has 4 nitrogen and oxygen atoms in total. The third-order valence-corrected chi connectivity index (χ3v) is 3.59. The van der Waals surface area contributed by atoms with E-state index in [1.165, 1.54) is 0 Å². The molecular formula is C17H22N2O2. The lowest BCUT2D eigenvalue weighted by atomic mass is 10.0. The van der Waals surface area contributed by atoms with Gasteiger partial charge in [-0.15, -0.1) is 0 Å². The number of rotatable bonds is 5. The van der Waals surface area contributed by atoms with Crippen molar-refractivity contribution in [3.8, 4) is 11.8 Å². The van der Waals surface area contributed by atoms with Crippen LogP contribution in [-0.2, 0) is 4.74 Å². The zero-order valence-electron chi connectivity index (χ0n) is 12.7. The Labute approximate surface area is 126 Å². The Morgan fingerprint density at radius 2 is 2.24 bits per heavy atom. The molecule has 0 atom stereocenters. The highest BCUT2D eigenvalue weighted by Crippen LogP contribution is 2.28. The maximum Gasteiger partial charge on any atom is 0.254 e. The van der Waals surface area contributed by atoms with Crippen LogP contribution in [0.15, 0.2) is 18.2 Å². The molecule has 1 amide bonds. The summed E-state index contributed by atoms with van der Waals surface area (Å²) in [6, 6.07) is 6.09. The van der Waals surface area contributed by atoms with Crippen molar-refractivity contribution in [2.24, 2.45) is 5.73 Å². The SMILES string of the molecule is COCCN(C(=O)c1cc(C#CCN)ccc1C)C1CC1. The van der Waals surface area contributed by atoms with Crippen LogP contribution in [0, 0.1) is 18.8 Å². The summed E-state index contributed by atoms with van der Waals surface area (Å²) in [7, 11) is 1.66. The molecule has 1 aliphatic carbocycles. The topological polar surface area (TPSA) is 55.6 Å². The minimum atomic E-state index is 0.0726. The number of amides is 1. The van der Waals surface area contributed by atoms with Crippen molar-refractivity contribution in [3.63, 3.8) is 0 Å². The van der Waals surface area contributed by atoms with Gasteiger partial charge in [0.05, 0.1) is 13.2 Å². The van der Waals surface area contributed by atoms with Crippen LogP contribution in [0.3, 0.4) is 0 Å². The summed E-state index contributed by atoms with van der Waals surface area (Å²) in [5.74, 6) is 5.88. The summed E-state index contributed by atoms with van der Waals surface area (Å²) in [5.41, 5.74) is 7.92. The predicted octanol–water partition coefficient (Wildman–Crippen LogP) is 1.56. The summed E-state index contributed by atoms with van der Waals surface area (Å²) < 4.78 is 5.11. The maximum absolute atomic E-state index is 12.8. The molecule has 1 aromatic rings. The smallest absolute Gasteiger partial charge is 0.254 e. The molecule has 112 valence electrons. The van der Waals surface area contributed by atoms with Crippen molar-refractivity contribution in [1.29, 1.82) is 0 Å². The van der Waals surface area contributed by atoms with Crippen molar-refractivity contribution in [2.75, 3.05) is 26.8 Å². The predicted molar refractivity (Wildman–Crippen MR) is 83.0 cm³/mol. The van der Waals surface area contributed by atoms with E-state index in [1.54, 1.807) is 7.11 Å². The van der Waals surface area contributed by atoms with E-state index in [2.05, 4.69) is 11.8 Å². The van der Waals surface area contributed by atoms with Gasteiger partial charge in [-0.05, 0) is 37.5 Å². The van der Waals surface area contributed by atoms with E-state index < -0.39 is 0 Å². The van der Waals surface area contributed by atoms with E-state index in [9.17, 15) is 4.79 Å². The number of methoxy groups -OCH3 is 1. The Kier molecular flexibility index (Phi) is 5.38. The van der Waals surface area contributed by atoms with Gasteiger partial charge in [0.1, 0.15) is 0 Å². The molecule has 0 radical (unpaired) electrons. The van der Waals surface area contributed by atoms with Crippen LogP contribution in [0.5, 0.6) is 0 Å². The van der Waals surface area contributed by atoms with Crippen molar-refractivity contribution in [3.05, 3.63) is 34.9 Å². The normalized spacial score (nSPS) is 13.5. The number of ether oxygens (including phenoxy) is 1. The first-order chi connectivity index (χ1) is 10.2. The Hall–Kier alpha value is -1.83. The van der Waals surface area contributed by atoms with Gasteiger partial charge in [-0.25, -0.2) is 0 Å². The van der Waals surface area contributed by atoms with Gasteiger partial charge in [-0.3, -0.25) is 4.79 Å². The van der Waals surface area contributed by atoms with E-state index >= 15 is 0 Å². The van der Waals surface area contributed by atoms with Gasteiger partial charge in [0.25, 0.3) is 5.91 Å². The monoisotopic (exact) mass is 286 g/mol. The summed E-state index contributed by atoms with van der Waals surface area (Å²) in [4.78, 5) is 14.7. The van der Waals surface area contributed by atoms with Gasteiger partial charge in [0.15, 0.2) is 0 Å². The van der Waals surface area contributed by atoms with E-state index in [4.69, 9.17) is 10.5 Å². The van der Waals surface area contributed by atoms with Crippen LogP contribution in [0.2, 0.25) is 0 Å². The molecule has 1 aromatic carbocycles. The van der Waals surface area contributed by atoms with E-state index in [-0.39, 0.29) is 5.91 Å². The number of carbonyl (C=O) groups excluding carboxylic acids is 1. The molecule has 0 spiro atoms. The molecule has 2 rings (SSSR count). The first-order valence-electron chi connectivity index (χ1n) is 7.27. The second-order valence-electron chi connectivity index (χ2n) is 5.26. The fraction of sp³-hybridized carbons (Fsp3) is 0.471. The minimum Gasteiger partial charge on any atom is -0.383 e. The van der Waals surface area contributed by atoms with Crippen molar-refractivity contribution in [1.82, 2.24) is 4.90 Å². The van der Waals surface area contributed by atoms with Gasteiger partial charge in [-0.2, -0.15) is 0 Å². The third-order valence-electron chi connectivity index (χ3n) is 3.59. The average molecular weight is 286 g/mol. The van der Waals surface area contributed by atoms with Gasteiger partial charge < -0.3 is 15.4 Å². The fourth-order valence-electron chi connectivity index (χ4n) is 2.26. The van der Waals surface area contributed by atoms with Crippen molar-refractivity contribution in [2.45, 2.75) is 25.8 Å². The zero-order valence-corrected chi connectivity index (χ0v) is 12.7. The second kappa shape index (κ2) is 7.26. The van der Waals surface area contributed by atoms with E-state index in [0.717, 1.165) is 29.5 Å². The van der Waals surface area contributed by atoms with Crippen LogP contribution < -0.4 is 5.73 Å². The van der Waals surface area contributed by atoms with Gasteiger partial charge in [0, 0.05) is 30.8 Å². The molecular weight excluding hydrogens is 264 g/mol. The zero-order chi connectivity index (χ0) is 15.2. The summed E-state index contributed by atoms with van der Waals surface area (Å²) in [6.07, 6.45) is 2.17. The summed E-state index contributed by atoms with van der Waals surface area (Å²) in [5, 5.41) is 0. The number of nitrogens with zero attached hydrogens (tertiary/aromatic N) is 1. The summed E-state index contributed by atoms with van der Waals surface area (Å²) >= 11 is 0. The van der Waals surface area contributed by atoms with Crippen LogP contribution >= 0.6 is 0 Å². The van der Waals surface area contributed by atoms with Crippen LogP contribution in [-0.4, -0.2) is 43.7 Å². The molecule has 0 aromatic heterocycles. The molecule has 4 heteroatoms. The fourth-order valence-corrected chi connectivity index (χ4v) is 2.26. The lowest BCUT2D eigenvalue weighted by Gasteiger charge is -2.23. The standard InChI is InChI=1S/C17H22N2O2/c1-13-5-6-14(4-3-9-18)12-16(13)17(20)19(10-11-21-2)15-7-8-15/h5-6,12,15H,7-11,18H2,1-2H3. The molecule has 1 saturated carbocycles. The maximum atomic E-state index is 12.8. The lowest BCUT2D eigenvalue weighted by molar-refractivity contribution is 0.0679. The molecule has 1 fully saturated rings. The Bertz CT molecular complexity index is 568. The first kappa shape index (κ1) is 15.6. The quantitative estimate of drug-likeness (QED) is 0.836. The Morgan fingerprint density at radius 3 is 2.86 bits per heavy atom. The lowest BCUT2D eigenvalue weighted by Crippen LogP contribution is -2.36. The molecule has 0 unspecified atom stereocenters. The van der Waals surface area contributed by atoms with Gasteiger partial charge >= 0.3 is 0 Å². The molecule has 1 aliphatic rings. The highest BCUT2D eigenvalue weighted by molar-refractivity contribution is 5.96. The highest BCUT2D eigenvalue weighted by Gasteiger charge is 2.33. The molecule has 0 bridgehead atoms. The molecule has 0 aliphatic heterocycles. The first-order valence-corrected chi connectivity index (χ1v) is 7.27. The largest absolute Gasteiger partial charge is 0.383 e. The highest BCUT2D eigenvalue weighted by atomic mass is 16.5.